The molecule has 0 saturated carbocycles. The zero-order valence-corrected chi connectivity index (χ0v) is 22.6. The summed E-state index contributed by atoms with van der Waals surface area (Å²) in [5.41, 5.74) is 12.7. The third-order valence-electron chi connectivity index (χ3n) is 7.14. The second-order valence-corrected chi connectivity index (χ2v) is 9.95. The maximum atomic E-state index is 12.8. The van der Waals surface area contributed by atoms with Crippen LogP contribution in [0.5, 0.6) is 0 Å². The molecular weight excluding hydrogens is 544 g/mol. The van der Waals surface area contributed by atoms with Crippen molar-refractivity contribution in [3.05, 3.63) is 77.9 Å². The van der Waals surface area contributed by atoms with Crippen molar-refractivity contribution in [2.24, 2.45) is 5.73 Å². The zero-order chi connectivity index (χ0) is 29.9. The lowest BCUT2D eigenvalue weighted by atomic mass is 9.93. The van der Waals surface area contributed by atoms with Gasteiger partial charge in [0.05, 0.1) is 25.8 Å². The standard InChI is InChI=1S/C28H32N8O6/c29-9-10-31-21(38)11-17-3-7-19(8-4-17)35-22(39)12-16-1-5-18(6-2-16)28(25(41)24(40)20(13-37)42-28)36-15-34-23-26(30)32-14-33-27(23)36/h1-8,14-15,20,24-25,37,40-41H,9-13,29H2,(H,31,38)(H,35,39)(H2,30,32,33)/t20-,24-,25-,28-/m1/s1. The SMILES string of the molecule is NCCNC(=O)Cc1ccc(NC(=O)Cc2ccc([C@@]3(n4cnc5c(N)ncnc54)O[C@H](CO)[C@@H](O)[C@H]3O)cc2)cc1. The van der Waals surface area contributed by atoms with E-state index in [9.17, 15) is 24.9 Å². The highest BCUT2D eigenvalue weighted by molar-refractivity contribution is 5.92. The summed E-state index contributed by atoms with van der Waals surface area (Å²) >= 11 is 0. The molecule has 42 heavy (non-hydrogen) atoms. The Hall–Kier alpha value is -4.47. The van der Waals surface area contributed by atoms with Crippen LogP contribution in [-0.4, -0.2) is 84.7 Å². The molecule has 1 fully saturated rings. The average Bonchev–Trinajstić information content (AvgIpc) is 3.54. The summed E-state index contributed by atoms with van der Waals surface area (Å²) in [7, 11) is 0. The summed E-state index contributed by atoms with van der Waals surface area (Å²) in [5.74, 6) is -0.255. The molecule has 14 heteroatoms. The van der Waals surface area contributed by atoms with Crippen molar-refractivity contribution in [2.45, 2.75) is 36.9 Å². The van der Waals surface area contributed by atoms with Crippen molar-refractivity contribution in [2.75, 3.05) is 30.7 Å². The Balaban J connectivity index is 1.33. The molecule has 1 aliphatic heterocycles. The van der Waals surface area contributed by atoms with Gasteiger partial charge in [-0.2, -0.15) is 0 Å². The number of anilines is 2. The van der Waals surface area contributed by atoms with Crippen molar-refractivity contribution < 1.29 is 29.6 Å². The maximum absolute atomic E-state index is 12.8. The molecule has 2 aromatic heterocycles. The normalized spacial score (nSPS) is 21.9. The van der Waals surface area contributed by atoms with Crippen molar-refractivity contribution >= 4 is 34.5 Å². The summed E-state index contributed by atoms with van der Waals surface area (Å²) in [4.78, 5) is 37.1. The first kappa shape index (κ1) is 29.0. The van der Waals surface area contributed by atoms with E-state index < -0.39 is 30.6 Å². The van der Waals surface area contributed by atoms with Crippen LogP contribution in [0.4, 0.5) is 11.5 Å². The first-order valence-corrected chi connectivity index (χ1v) is 13.3. The van der Waals surface area contributed by atoms with Gasteiger partial charge in [-0.1, -0.05) is 36.4 Å². The number of amides is 2. The van der Waals surface area contributed by atoms with Crippen LogP contribution < -0.4 is 22.1 Å². The molecule has 0 aliphatic carbocycles. The number of nitrogens with two attached hydrogens (primary N) is 2. The van der Waals surface area contributed by atoms with Crippen LogP contribution in [0.25, 0.3) is 11.2 Å². The van der Waals surface area contributed by atoms with E-state index in [0.29, 0.717) is 29.9 Å². The van der Waals surface area contributed by atoms with Crippen LogP contribution in [0.1, 0.15) is 16.7 Å². The van der Waals surface area contributed by atoms with Crippen LogP contribution >= 0.6 is 0 Å². The molecule has 9 N–H and O–H groups in total. The van der Waals surface area contributed by atoms with Gasteiger partial charge in [-0.15, -0.1) is 0 Å². The molecule has 0 bridgehead atoms. The average molecular weight is 577 g/mol. The Bertz CT molecular complexity index is 1560. The van der Waals surface area contributed by atoms with Gasteiger partial charge in [-0.25, -0.2) is 15.0 Å². The number of ether oxygens (including phenoxy) is 1. The van der Waals surface area contributed by atoms with E-state index in [1.807, 2.05) is 0 Å². The van der Waals surface area contributed by atoms with Gasteiger partial charge in [0.2, 0.25) is 17.5 Å². The number of imidazole rings is 1. The number of nitrogens with one attached hydrogen (secondary N) is 2. The van der Waals surface area contributed by atoms with Gasteiger partial charge in [0.1, 0.15) is 30.2 Å². The van der Waals surface area contributed by atoms with E-state index in [1.165, 1.54) is 17.2 Å². The molecule has 14 nitrogen and oxygen atoms in total. The Morgan fingerprint density at radius 1 is 0.976 bits per heavy atom. The minimum absolute atomic E-state index is 0.0552. The molecule has 0 radical (unpaired) electrons. The molecule has 0 spiro atoms. The summed E-state index contributed by atoms with van der Waals surface area (Å²) in [6.45, 7) is 0.249. The first-order chi connectivity index (χ1) is 20.3. The fourth-order valence-corrected chi connectivity index (χ4v) is 5.04. The van der Waals surface area contributed by atoms with Crippen molar-refractivity contribution in [1.82, 2.24) is 24.8 Å². The first-order valence-electron chi connectivity index (χ1n) is 13.3. The van der Waals surface area contributed by atoms with Gasteiger partial charge >= 0.3 is 0 Å². The molecule has 4 aromatic rings. The second-order valence-electron chi connectivity index (χ2n) is 9.95. The predicted molar refractivity (Wildman–Crippen MR) is 152 cm³/mol. The topological polar surface area (TPSA) is 224 Å². The quantitative estimate of drug-likeness (QED) is 0.121. The number of nitrogen functional groups attached to an aromatic ring is 1. The third kappa shape index (κ3) is 5.53. The van der Waals surface area contributed by atoms with E-state index in [-0.39, 0.29) is 41.6 Å². The Morgan fingerprint density at radius 2 is 1.64 bits per heavy atom. The van der Waals surface area contributed by atoms with Crippen LogP contribution in [0, 0.1) is 0 Å². The van der Waals surface area contributed by atoms with Gasteiger partial charge in [-0.3, -0.25) is 14.2 Å². The lowest BCUT2D eigenvalue weighted by Gasteiger charge is -2.34. The molecule has 1 saturated heterocycles. The van der Waals surface area contributed by atoms with Gasteiger partial charge in [-0.05, 0) is 23.3 Å². The summed E-state index contributed by atoms with van der Waals surface area (Å²) < 4.78 is 7.57. The van der Waals surface area contributed by atoms with Crippen molar-refractivity contribution in [1.29, 1.82) is 0 Å². The molecule has 4 atom stereocenters. The number of aliphatic hydroxyl groups is 3. The second kappa shape index (κ2) is 12.2. The smallest absolute Gasteiger partial charge is 0.228 e. The Kier molecular flexibility index (Phi) is 8.42. The van der Waals surface area contributed by atoms with Gasteiger partial charge in [0.25, 0.3) is 0 Å². The maximum Gasteiger partial charge on any atom is 0.228 e. The lowest BCUT2D eigenvalue weighted by Crippen LogP contribution is -2.46. The number of carbonyl (C=O) groups is 2. The number of hydrogen-bond donors (Lipinski definition) is 7. The molecule has 2 amide bonds. The number of aromatic nitrogens is 4. The summed E-state index contributed by atoms with van der Waals surface area (Å²) in [5, 5.41) is 37.3. The van der Waals surface area contributed by atoms with Gasteiger partial charge < -0.3 is 42.2 Å². The number of hydrogen-bond acceptors (Lipinski definition) is 11. The molecular formula is C28H32N8O6. The summed E-state index contributed by atoms with van der Waals surface area (Å²) in [6, 6.07) is 13.7. The number of nitrogens with zero attached hydrogens (tertiary/aromatic N) is 4. The number of aliphatic hydroxyl groups excluding tert-OH is 3. The molecule has 0 unspecified atom stereocenters. The van der Waals surface area contributed by atoms with E-state index >= 15 is 0 Å². The fraction of sp³-hybridized carbons (Fsp3) is 0.321. The lowest BCUT2D eigenvalue weighted by molar-refractivity contribution is -0.120. The van der Waals surface area contributed by atoms with E-state index in [4.69, 9.17) is 16.2 Å². The molecule has 1 aliphatic rings. The van der Waals surface area contributed by atoms with Crippen LogP contribution in [0.2, 0.25) is 0 Å². The van der Waals surface area contributed by atoms with Crippen LogP contribution in [0.15, 0.2) is 61.2 Å². The highest BCUT2D eigenvalue weighted by atomic mass is 16.6. The Labute approximate surface area is 240 Å². The van der Waals surface area contributed by atoms with E-state index in [0.717, 1.165) is 5.56 Å². The van der Waals surface area contributed by atoms with E-state index in [1.54, 1.807) is 48.5 Å². The molecule has 220 valence electrons. The molecule has 2 aromatic carbocycles. The largest absolute Gasteiger partial charge is 0.394 e. The van der Waals surface area contributed by atoms with Crippen LogP contribution in [-0.2, 0) is 32.9 Å². The van der Waals surface area contributed by atoms with E-state index in [2.05, 4.69) is 25.6 Å². The molecule has 3 heterocycles. The van der Waals surface area contributed by atoms with Gasteiger partial charge in [0, 0.05) is 24.3 Å². The van der Waals surface area contributed by atoms with Gasteiger partial charge in [0.15, 0.2) is 11.5 Å². The monoisotopic (exact) mass is 576 g/mol. The van der Waals surface area contributed by atoms with Crippen molar-refractivity contribution in [3.8, 4) is 0 Å². The number of rotatable bonds is 10. The number of carbonyl (C=O) groups excluding carboxylic acids is 2. The number of fused-ring (bicyclic) bond motifs is 1. The zero-order valence-electron chi connectivity index (χ0n) is 22.6. The van der Waals surface area contributed by atoms with Crippen molar-refractivity contribution in [3.63, 3.8) is 0 Å². The Morgan fingerprint density at radius 3 is 2.29 bits per heavy atom. The van der Waals surface area contributed by atoms with Crippen LogP contribution in [0.3, 0.4) is 0 Å². The fourth-order valence-electron chi connectivity index (χ4n) is 5.04. The third-order valence-corrected chi connectivity index (χ3v) is 7.14. The number of benzene rings is 2. The minimum atomic E-state index is -1.70. The summed E-state index contributed by atoms with van der Waals surface area (Å²) in [6.07, 6.45) is -1.11. The highest BCUT2D eigenvalue weighted by Gasteiger charge is 2.57. The predicted octanol–water partition coefficient (Wildman–Crippen LogP) is -0.979. The molecule has 5 rings (SSSR count). The minimum Gasteiger partial charge on any atom is -0.394 e. The highest BCUT2D eigenvalue weighted by Crippen LogP contribution is 2.43.